The first-order valence-electron chi connectivity index (χ1n) is 9.98. The highest BCUT2D eigenvalue weighted by atomic mass is 16.5. The number of nitrogens with zero attached hydrogens (tertiary/aromatic N) is 6. The fourth-order valence-electron chi connectivity index (χ4n) is 4.12. The number of hydrogen-bond acceptors (Lipinski definition) is 6. The third-order valence-electron chi connectivity index (χ3n) is 5.62. The van der Waals surface area contributed by atoms with Gasteiger partial charge in [0, 0.05) is 42.6 Å². The van der Waals surface area contributed by atoms with Crippen molar-refractivity contribution in [2.45, 2.75) is 26.4 Å². The molecule has 8 heteroatoms. The summed E-state index contributed by atoms with van der Waals surface area (Å²) in [7, 11) is 1.77. The number of ether oxygens (including phenoxy) is 1. The zero-order valence-corrected chi connectivity index (χ0v) is 17.5. The summed E-state index contributed by atoms with van der Waals surface area (Å²) in [6.07, 6.45) is 3.65. The molecule has 2 bridgehead atoms. The second kappa shape index (κ2) is 6.99. The zero-order valence-electron chi connectivity index (χ0n) is 17.5. The maximum Gasteiger partial charge on any atom is 0.166 e. The summed E-state index contributed by atoms with van der Waals surface area (Å²) in [5, 5.41) is 19.0. The number of fused-ring (bicyclic) bond motifs is 7. The number of aryl methyl sites for hydroxylation is 2. The lowest BCUT2D eigenvalue weighted by molar-refractivity contribution is 0.227. The van der Waals surface area contributed by atoms with Gasteiger partial charge in [0.1, 0.15) is 17.9 Å². The lowest BCUT2D eigenvalue weighted by Crippen LogP contribution is -2.13. The maximum absolute atomic E-state index is 9.79. The topological polar surface area (TPSA) is 108 Å². The Kier molecular flexibility index (Phi) is 4.26. The molecular formula is C23H21N7O. The van der Waals surface area contributed by atoms with Crippen LogP contribution in [-0.2, 0) is 13.5 Å². The molecule has 0 fully saturated rings. The van der Waals surface area contributed by atoms with Gasteiger partial charge in [-0.25, -0.2) is 9.67 Å². The smallest absolute Gasteiger partial charge is 0.166 e. The first-order chi connectivity index (χ1) is 15.0. The molecule has 5 rings (SSSR count). The largest absolute Gasteiger partial charge is 0.482 e. The molecule has 0 amide bonds. The van der Waals surface area contributed by atoms with Gasteiger partial charge in [0.25, 0.3) is 0 Å². The van der Waals surface area contributed by atoms with Crippen molar-refractivity contribution in [1.82, 2.24) is 24.5 Å². The van der Waals surface area contributed by atoms with Crippen molar-refractivity contribution < 1.29 is 4.74 Å². The predicted octanol–water partition coefficient (Wildman–Crippen LogP) is 3.47. The Balaban J connectivity index is 1.83. The van der Waals surface area contributed by atoms with Gasteiger partial charge in [-0.1, -0.05) is 17.7 Å². The van der Waals surface area contributed by atoms with Gasteiger partial charge in [-0.05, 0) is 32.0 Å². The molecule has 4 heterocycles. The Morgan fingerprint density at radius 1 is 1.26 bits per heavy atom. The van der Waals surface area contributed by atoms with Crippen molar-refractivity contribution in [1.29, 1.82) is 5.26 Å². The van der Waals surface area contributed by atoms with Crippen LogP contribution in [0.25, 0.3) is 16.8 Å². The molecule has 154 valence electrons. The van der Waals surface area contributed by atoms with E-state index in [2.05, 4.69) is 33.4 Å². The minimum absolute atomic E-state index is 0.297. The van der Waals surface area contributed by atoms with Crippen LogP contribution in [-0.4, -0.2) is 24.5 Å². The number of nitrogen functional groups attached to an aromatic ring is 1. The number of benzene rings is 1. The van der Waals surface area contributed by atoms with Crippen LogP contribution < -0.4 is 10.5 Å². The Morgan fingerprint density at radius 3 is 2.90 bits per heavy atom. The Bertz CT molecular complexity index is 1360. The van der Waals surface area contributed by atoms with E-state index in [1.54, 1.807) is 24.1 Å². The molecular weight excluding hydrogens is 390 g/mol. The van der Waals surface area contributed by atoms with Gasteiger partial charge >= 0.3 is 0 Å². The van der Waals surface area contributed by atoms with Crippen LogP contribution in [0.3, 0.4) is 0 Å². The normalized spacial score (nSPS) is 14.8. The molecule has 2 N–H and O–H groups in total. The van der Waals surface area contributed by atoms with Crippen molar-refractivity contribution in [3.05, 3.63) is 70.9 Å². The molecule has 1 aliphatic heterocycles. The van der Waals surface area contributed by atoms with Crippen LogP contribution in [0.1, 0.15) is 41.2 Å². The average molecular weight is 411 g/mol. The number of pyridine rings is 1. The van der Waals surface area contributed by atoms with Gasteiger partial charge in [-0.2, -0.15) is 15.5 Å². The van der Waals surface area contributed by atoms with E-state index in [-0.39, 0.29) is 6.10 Å². The Hall–Kier alpha value is -4.12. The van der Waals surface area contributed by atoms with E-state index < -0.39 is 0 Å². The third-order valence-corrected chi connectivity index (χ3v) is 5.62. The van der Waals surface area contributed by atoms with Crippen LogP contribution in [0.15, 0.2) is 42.7 Å². The van der Waals surface area contributed by atoms with E-state index in [1.165, 1.54) is 0 Å². The molecule has 0 radical (unpaired) electrons. The molecule has 1 atom stereocenters. The van der Waals surface area contributed by atoms with E-state index in [1.807, 2.05) is 36.7 Å². The second-order valence-electron chi connectivity index (χ2n) is 7.75. The lowest BCUT2D eigenvalue weighted by Gasteiger charge is -2.22. The quantitative estimate of drug-likeness (QED) is 0.475. The summed E-state index contributed by atoms with van der Waals surface area (Å²) < 4.78 is 9.80. The van der Waals surface area contributed by atoms with Crippen LogP contribution in [0.4, 0.5) is 5.82 Å². The SMILES string of the molecule is Cc1ccc2c(c1)[C@@H](C)Oc1cc(cnc1N)-c1c(nn(C)c1C#N)Cc1ccnn1-2. The number of aromatic nitrogens is 5. The standard InChI is InChI=1S/C23H21N7O/c1-13-4-5-19-17(8-13)14(2)31-21-9-15(12-26-23(21)25)22-18(28-29(3)20(22)11-24)10-16-6-7-27-30(16)19/h4-9,12,14H,10H2,1-3H3,(H2,25,26)/t14-/m1/s1. The fourth-order valence-corrected chi connectivity index (χ4v) is 4.12. The molecule has 4 aromatic rings. The Labute approximate surface area is 179 Å². The van der Waals surface area contributed by atoms with Gasteiger partial charge in [0.2, 0.25) is 0 Å². The zero-order chi connectivity index (χ0) is 21.7. The Morgan fingerprint density at radius 2 is 2.10 bits per heavy atom. The first kappa shape index (κ1) is 18.9. The van der Waals surface area contributed by atoms with E-state index in [4.69, 9.17) is 10.5 Å². The van der Waals surface area contributed by atoms with E-state index in [9.17, 15) is 5.26 Å². The van der Waals surface area contributed by atoms with Gasteiger partial charge < -0.3 is 10.5 Å². The number of hydrogen-bond donors (Lipinski definition) is 1. The van der Waals surface area contributed by atoms with Gasteiger partial charge in [0.05, 0.1) is 17.1 Å². The summed E-state index contributed by atoms with van der Waals surface area (Å²) in [4.78, 5) is 4.34. The van der Waals surface area contributed by atoms with Gasteiger partial charge in [-0.3, -0.25) is 4.68 Å². The van der Waals surface area contributed by atoms with Crippen molar-refractivity contribution in [3.63, 3.8) is 0 Å². The van der Waals surface area contributed by atoms with E-state index >= 15 is 0 Å². The minimum Gasteiger partial charge on any atom is -0.482 e. The van der Waals surface area contributed by atoms with E-state index in [0.29, 0.717) is 23.7 Å². The second-order valence-corrected chi connectivity index (χ2v) is 7.75. The third kappa shape index (κ3) is 3.02. The predicted molar refractivity (Wildman–Crippen MR) is 116 cm³/mol. The molecule has 1 aromatic carbocycles. The van der Waals surface area contributed by atoms with Crippen molar-refractivity contribution in [2.24, 2.45) is 7.05 Å². The van der Waals surface area contributed by atoms with Crippen LogP contribution in [0.2, 0.25) is 0 Å². The highest BCUT2D eigenvalue weighted by Crippen LogP contribution is 2.36. The summed E-state index contributed by atoms with van der Waals surface area (Å²) in [6.45, 7) is 4.03. The van der Waals surface area contributed by atoms with Crippen LogP contribution >= 0.6 is 0 Å². The molecule has 0 spiro atoms. The highest BCUT2D eigenvalue weighted by Gasteiger charge is 2.24. The molecule has 0 aliphatic carbocycles. The van der Waals surface area contributed by atoms with E-state index in [0.717, 1.165) is 39.3 Å². The van der Waals surface area contributed by atoms with Crippen molar-refractivity contribution in [2.75, 3.05) is 5.73 Å². The summed E-state index contributed by atoms with van der Waals surface area (Å²) in [5.74, 6) is 0.767. The molecule has 0 saturated heterocycles. The number of rotatable bonds is 0. The molecule has 3 aromatic heterocycles. The van der Waals surface area contributed by atoms with Crippen molar-refractivity contribution >= 4 is 5.82 Å². The number of anilines is 1. The van der Waals surface area contributed by atoms with Gasteiger partial charge in [0.15, 0.2) is 11.6 Å². The molecule has 8 nitrogen and oxygen atoms in total. The molecule has 0 unspecified atom stereocenters. The molecule has 31 heavy (non-hydrogen) atoms. The maximum atomic E-state index is 9.79. The number of nitrogens with two attached hydrogens (primary N) is 1. The van der Waals surface area contributed by atoms with Crippen LogP contribution in [0, 0.1) is 18.3 Å². The lowest BCUT2D eigenvalue weighted by atomic mass is 10.0. The van der Waals surface area contributed by atoms with Crippen LogP contribution in [0.5, 0.6) is 5.75 Å². The first-order valence-corrected chi connectivity index (χ1v) is 9.98. The van der Waals surface area contributed by atoms with Crippen molar-refractivity contribution in [3.8, 4) is 28.6 Å². The average Bonchev–Trinajstić information content (AvgIpc) is 3.32. The number of nitriles is 1. The summed E-state index contributed by atoms with van der Waals surface area (Å²) in [6, 6.07) is 12.3. The van der Waals surface area contributed by atoms with Gasteiger partial charge in [-0.15, -0.1) is 0 Å². The highest BCUT2D eigenvalue weighted by molar-refractivity contribution is 5.74. The fraction of sp³-hybridized carbons (Fsp3) is 0.217. The molecule has 0 saturated carbocycles. The summed E-state index contributed by atoms with van der Waals surface area (Å²) in [5.41, 5.74) is 12.9. The minimum atomic E-state index is -0.297. The summed E-state index contributed by atoms with van der Waals surface area (Å²) >= 11 is 0. The monoisotopic (exact) mass is 411 g/mol. The molecule has 1 aliphatic rings.